The fourth-order valence-corrected chi connectivity index (χ4v) is 15.0. The van der Waals surface area contributed by atoms with Gasteiger partial charge in [-0.15, -0.1) is 0 Å². The van der Waals surface area contributed by atoms with Crippen LogP contribution in [0.15, 0.2) is 72.8 Å². The summed E-state index contributed by atoms with van der Waals surface area (Å²) in [6, 6.07) is 27.2. The summed E-state index contributed by atoms with van der Waals surface area (Å²) in [5, 5.41) is 62.4. The molecule has 576 valence electrons. The molecular formula is C78H120Cl6N6O12. The van der Waals surface area contributed by atoms with Crippen molar-refractivity contribution in [2.45, 2.75) is 77.8 Å². The number of hydrogen-bond acceptors (Lipinski definition) is 12. The van der Waals surface area contributed by atoms with E-state index in [-0.39, 0.29) is 114 Å². The predicted octanol–water partition coefficient (Wildman–Crippen LogP) is -11.0. The average molecular weight is 1550 g/mol. The molecule has 1 aliphatic rings. The smallest absolute Gasteiger partial charge is 0.125 e. The molecule has 102 heavy (non-hydrogen) atoms. The number of aliphatic hydroxyl groups is 6. The van der Waals surface area contributed by atoms with Crippen LogP contribution in [-0.2, 0) is 77.8 Å². The summed E-state index contributed by atoms with van der Waals surface area (Å²) in [7, 11) is 36.3. The van der Waals surface area contributed by atoms with Crippen LogP contribution in [0.3, 0.4) is 0 Å². The Hall–Kier alpha value is -4.62. The Morgan fingerprint density at radius 3 is 0.392 bits per heavy atom. The van der Waals surface area contributed by atoms with Crippen LogP contribution in [0.1, 0.15) is 100 Å². The minimum absolute atomic E-state index is 0. The van der Waals surface area contributed by atoms with E-state index in [0.29, 0.717) is 144 Å². The van der Waals surface area contributed by atoms with Crippen molar-refractivity contribution in [3.05, 3.63) is 173 Å². The number of fused-ring (bicyclic) bond motifs is 12. The summed E-state index contributed by atoms with van der Waals surface area (Å²) in [4.78, 5) is 0. The van der Waals surface area contributed by atoms with Crippen molar-refractivity contribution in [3.63, 3.8) is 0 Å². The van der Waals surface area contributed by atoms with E-state index in [0.717, 1.165) is 135 Å². The third kappa shape index (κ3) is 25.8. The molecule has 6 aromatic carbocycles. The van der Waals surface area contributed by atoms with Crippen LogP contribution in [-0.4, -0.2) is 264 Å². The van der Waals surface area contributed by atoms with Gasteiger partial charge in [0.15, 0.2) is 0 Å². The van der Waals surface area contributed by atoms with E-state index >= 15 is 0 Å². The molecule has 0 aliphatic heterocycles. The zero-order valence-corrected chi connectivity index (χ0v) is 68.5. The lowest BCUT2D eigenvalue weighted by molar-refractivity contribution is -0.903. The van der Waals surface area contributed by atoms with Gasteiger partial charge in [-0.3, -0.25) is 0 Å². The Bertz CT molecular complexity index is 2890. The third-order valence-corrected chi connectivity index (χ3v) is 19.2. The molecule has 1 aliphatic carbocycles. The molecule has 24 heteroatoms. The molecule has 7 rings (SSSR count). The van der Waals surface area contributed by atoms with Gasteiger partial charge in [0.2, 0.25) is 0 Å². The van der Waals surface area contributed by atoms with Crippen LogP contribution in [0.2, 0.25) is 0 Å². The molecule has 12 bridgehead atoms. The number of aliphatic hydroxyl groups excluding tert-OH is 6. The minimum Gasteiger partial charge on any atom is -1.00 e. The molecule has 6 aromatic rings. The second kappa shape index (κ2) is 41.5. The van der Waals surface area contributed by atoms with E-state index in [1.807, 2.05) is 0 Å². The molecule has 0 radical (unpaired) electrons. The van der Waals surface area contributed by atoms with Crippen LogP contribution in [0.4, 0.5) is 0 Å². The molecule has 0 saturated carbocycles. The second-order valence-corrected chi connectivity index (χ2v) is 31.0. The summed E-state index contributed by atoms with van der Waals surface area (Å²) in [5.74, 6) is 4.50. The van der Waals surface area contributed by atoms with Crippen molar-refractivity contribution in [2.24, 2.45) is 0 Å². The molecule has 0 aromatic heterocycles. The number of benzene rings is 6. The first-order valence-corrected chi connectivity index (χ1v) is 34.0. The molecular weight excluding hydrogens is 1430 g/mol. The molecule has 0 heterocycles. The van der Waals surface area contributed by atoms with E-state index in [1.165, 1.54) is 0 Å². The predicted molar refractivity (Wildman–Crippen MR) is 381 cm³/mol. The molecule has 0 saturated heterocycles. The highest BCUT2D eigenvalue weighted by atomic mass is 35.5. The maximum Gasteiger partial charge on any atom is 0.125 e. The maximum atomic E-state index is 10.4. The van der Waals surface area contributed by atoms with E-state index in [1.54, 1.807) is 42.7 Å². The van der Waals surface area contributed by atoms with Crippen LogP contribution >= 0.6 is 0 Å². The maximum absolute atomic E-state index is 10.4. The minimum atomic E-state index is 0. The van der Waals surface area contributed by atoms with Crippen LogP contribution < -0.4 is 103 Å². The highest BCUT2D eigenvalue weighted by Gasteiger charge is 2.31. The van der Waals surface area contributed by atoms with Crippen molar-refractivity contribution in [1.29, 1.82) is 0 Å². The van der Waals surface area contributed by atoms with Crippen molar-refractivity contribution >= 4 is 0 Å². The van der Waals surface area contributed by atoms with Crippen molar-refractivity contribution < 1.29 is 160 Å². The number of methoxy groups -OCH3 is 6. The van der Waals surface area contributed by atoms with E-state index < -0.39 is 0 Å². The number of quaternary nitrogens is 6. The zero-order chi connectivity index (χ0) is 70.6. The van der Waals surface area contributed by atoms with E-state index in [2.05, 4.69) is 157 Å². The molecule has 0 unspecified atom stereocenters. The van der Waals surface area contributed by atoms with Gasteiger partial charge >= 0.3 is 0 Å². The third-order valence-electron chi connectivity index (χ3n) is 19.2. The molecule has 0 atom stereocenters. The first kappa shape index (κ1) is 95.4. The summed E-state index contributed by atoms with van der Waals surface area (Å²) in [6.07, 6.45) is 2.65. The van der Waals surface area contributed by atoms with E-state index in [9.17, 15) is 30.6 Å². The Balaban J connectivity index is 0.00000867. The van der Waals surface area contributed by atoms with Gasteiger partial charge in [0.1, 0.15) is 113 Å². The lowest BCUT2D eigenvalue weighted by Crippen LogP contribution is -3.00. The summed E-state index contributed by atoms with van der Waals surface area (Å²) < 4.78 is 43.5. The number of ether oxygens (including phenoxy) is 6. The van der Waals surface area contributed by atoms with Gasteiger partial charge in [0.05, 0.1) is 167 Å². The summed E-state index contributed by atoms with van der Waals surface area (Å²) in [5.41, 5.74) is 18.2. The highest BCUT2D eigenvalue weighted by molar-refractivity contribution is 5.60. The van der Waals surface area contributed by atoms with E-state index in [4.69, 9.17) is 28.4 Å². The normalized spacial score (nSPS) is 12.7. The van der Waals surface area contributed by atoms with Gasteiger partial charge in [0, 0.05) is 71.9 Å². The van der Waals surface area contributed by atoms with Crippen LogP contribution in [0, 0.1) is 0 Å². The summed E-state index contributed by atoms with van der Waals surface area (Å²) >= 11 is 0. The molecule has 6 N–H and O–H groups in total. The van der Waals surface area contributed by atoms with Gasteiger partial charge in [-0.2, -0.15) is 0 Å². The Morgan fingerprint density at radius 2 is 0.314 bits per heavy atom. The first-order valence-electron chi connectivity index (χ1n) is 34.0. The molecule has 0 fully saturated rings. The van der Waals surface area contributed by atoms with Gasteiger partial charge in [-0.25, -0.2) is 0 Å². The molecule has 0 amide bonds. The largest absolute Gasteiger partial charge is 1.00 e. The van der Waals surface area contributed by atoms with Gasteiger partial charge in [0.25, 0.3) is 0 Å². The zero-order valence-electron chi connectivity index (χ0n) is 64.0. The standard InChI is InChI=1S/C78H120N6O12.6ClH/c1-79(2,19-25-85)49-55-31-61-43-63-33-56(50-80(3,4)20-26-86)35-65(74(63)92-14)45-67-37-58(52-82(7,8)22-28-88)39-69(76(67)94-16)47-71-41-60(54-84(11,12)24-30-90)42-72(78(71)96-18)48-70-40-59(53-83(9,10)23-29-89)38-68(77(70)95-17)46-66-36-57(51-81(5,6)21-27-87)34-64(75(66)93-15)44-62(32-55)73(61)91-13;;;;;;/h31-42,85-90H,19-30,43-54H2,1-18H3;6*1H/q+6;;;;;;/p-6. The average Bonchev–Trinajstić information content (AvgIpc) is 0.787. The highest BCUT2D eigenvalue weighted by Crippen LogP contribution is 2.43. The topological polar surface area (TPSA) is 177 Å². The Morgan fingerprint density at radius 1 is 0.216 bits per heavy atom. The van der Waals surface area contributed by atoms with Crippen LogP contribution in [0.25, 0.3) is 0 Å². The van der Waals surface area contributed by atoms with Crippen molar-refractivity contribution in [3.8, 4) is 34.5 Å². The molecule has 0 spiro atoms. The number of hydrogen-bond donors (Lipinski definition) is 6. The van der Waals surface area contributed by atoms with Crippen molar-refractivity contribution in [1.82, 2.24) is 0 Å². The van der Waals surface area contributed by atoms with Gasteiger partial charge in [-0.1, -0.05) is 0 Å². The number of halogens is 6. The van der Waals surface area contributed by atoms with Gasteiger partial charge in [-0.05, 0) is 140 Å². The SMILES string of the molecule is COc1c2cc(C[N+](C)(C)CCO)cc1Cc1cc(C[N+](C)(C)CCO)cc(c1OC)Cc1cc(C[N+](C)(C)CCO)cc(c1OC)Cc1cc(C[N+](C)(C)CCO)cc(c1OC)Cc1cc(C[N+](C)(C)CCO)cc(c1OC)Cc1cc(C[N+](C)(C)CCO)cc(c1OC)C2.[Cl-].[Cl-].[Cl-].[Cl-].[Cl-].[Cl-]. The number of nitrogens with zero attached hydrogens (tertiary/aromatic N) is 6. The fourth-order valence-electron chi connectivity index (χ4n) is 15.0. The second-order valence-electron chi connectivity index (χ2n) is 31.0. The lowest BCUT2D eigenvalue weighted by atomic mass is 9.88. The Labute approximate surface area is 647 Å². The Kier molecular flexibility index (Phi) is 38.8. The molecule has 18 nitrogen and oxygen atoms in total. The van der Waals surface area contributed by atoms with Crippen molar-refractivity contribution in [2.75, 3.05) is 206 Å². The van der Waals surface area contributed by atoms with Crippen LogP contribution in [0.5, 0.6) is 34.5 Å². The number of rotatable bonds is 30. The first-order chi connectivity index (χ1) is 45.3. The quantitative estimate of drug-likeness (QED) is 0.0235. The summed E-state index contributed by atoms with van der Waals surface area (Å²) in [6.45, 7) is 7.31. The number of likely N-dealkylation sites (N-methyl/N-ethyl adjacent to an activating group) is 6. The lowest BCUT2D eigenvalue weighted by Gasteiger charge is -2.31. The fraction of sp³-hybridized carbons (Fsp3) is 0.538. The van der Waals surface area contributed by atoms with Gasteiger partial charge < -0.3 is 160 Å². The monoisotopic (exact) mass is 1540 g/mol.